The highest BCUT2D eigenvalue weighted by Crippen LogP contribution is 2.38. The topological polar surface area (TPSA) is 73.9 Å². The predicted molar refractivity (Wildman–Crippen MR) is 88.4 cm³/mol. The number of methoxy groups -OCH3 is 3. The summed E-state index contributed by atoms with van der Waals surface area (Å²) in [5.74, 6) is 0.0721. The van der Waals surface area contributed by atoms with E-state index >= 15 is 0 Å². The summed E-state index contributed by atoms with van der Waals surface area (Å²) in [5.41, 5.74) is -1.35. The van der Waals surface area contributed by atoms with Gasteiger partial charge in [-0.05, 0) is 30.3 Å². The van der Waals surface area contributed by atoms with Crippen molar-refractivity contribution in [3.63, 3.8) is 0 Å². The molecule has 0 bridgehead atoms. The van der Waals surface area contributed by atoms with Gasteiger partial charge >= 0.3 is 6.18 Å². The molecule has 0 amide bonds. The summed E-state index contributed by atoms with van der Waals surface area (Å²) in [6.07, 6.45) is -4.70. The van der Waals surface area contributed by atoms with E-state index in [-0.39, 0.29) is 16.3 Å². The standard InChI is InChI=1S/C16H16F3NO5S/c1-23-13-6-4-10(8-12(13)16(17,18)19)20-26(21,22)11-5-7-14(24-2)15(9-11)25-3/h4-9,20H,1-3H3. The number of rotatable bonds is 6. The molecule has 10 heteroatoms. The van der Waals surface area contributed by atoms with Crippen LogP contribution in [0.3, 0.4) is 0 Å². The lowest BCUT2D eigenvalue weighted by Gasteiger charge is -2.15. The van der Waals surface area contributed by atoms with Crippen molar-refractivity contribution >= 4 is 15.7 Å². The minimum Gasteiger partial charge on any atom is -0.496 e. The molecule has 26 heavy (non-hydrogen) atoms. The van der Waals surface area contributed by atoms with Crippen LogP contribution in [0.5, 0.6) is 17.2 Å². The maximum absolute atomic E-state index is 13.1. The van der Waals surface area contributed by atoms with Gasteiger partial charge in [0, 0.05) is 11.8 Å². The first-order chi connectivity index (χ1) is 12.1. The van der Waals surface area contributed by atoms with Crippen LogP contribution in [-0.2, 0) is 16.2 Å². The molecule has 1 N–H and O–H groups in total. The van der Waals surface area contributed by atoms with Gasteiger partial charge < -0.3 is 14.2 Å². The molecule has 0 atom stereocenters. The summed E-state index contributed by atoms with van der Waals surface area (Å²) in [6.45, 7) is 0. The zero-order valence-corrected chi connectivity index (χ0v) is 14.9. The Kier molecular flexibility index (Phi) is 5.55. The van der Waals surface area contributed by atoms with Gasteiger partial charge in [-0.3, -0.25) is 4.72 Å². The SMILES string of the molecule is COc1ccc(S(=O)(=O)Nc2ccc(OC)c(C(F)(F)F)c2)cc1OC. The van der Waals surface area contributed by atoms with Gasteiger partial charge in [-0.1, -0.05) is 0 Å². The third-order valence-electron chi connectivity index (χ3n) is 3.42. The monoisotopic (exact) mass is 391 g/mol. The van der Waals surface area contributed by atoms with Crippen molar-refractivity contribution in [1.29, 1.82) is 0 Å². The summed E-state index contributed by atoms with van der Waals surface area (Å²) >= 11 is 0. The minimum absolute atomic E-state index is 0.168. The zero-order chi connectivity index (χ0) is 19.5. The fraction of sp³-hybridized carbons (Fsp3) is 0.250. The lowest BCUT2D eigenvalue weighted by Crippen LogP contribution is -2.14. The Morgan fingerprint density at radius 1 is 0.846 bits per heavy atom. The molecule has 0 unspecified atom stereocenters. The van der Waals surface area contributed by atoms with E-state index in [1.165, 1.54) is 38.5 Å². The first-order valence-electron chi connectivity index (χ1n) is 7.12. The predicted octanol–water partition coefficient (Wildman–Crippen LogP) is 3.53. The number of nitrogens with one attached hydrogen (secondary N) is 1. The lowest BCUT2D eigenvalue weighted by molar-refractivity contribution is -0.138. The number of halogens is 3. The molecule has 0 aliphatic rings. The van der Waals surface area contributed by atoms with E-state index in [9.17, 15) is 21.6 Å². The van der Waals surface area contributed by atoms with Gasteiger partial charge in [0.15, 0.2) is 11.5 Å². The Balaban J connectivity index is 2.41. The minimum atomic E-state index is -4.70. The Bertz CT molecular complexity index is 897. The summed E-state index contributed by atoms with van der Waals surface area (Å²) in [5, 5.41) is 0. The van der Waals surface area contributed by atoms with Crippen LogP contribution < -0.4 is 18.9 Å². The van der Waals surface area contributed by atoms with Crippen molar-refractivity contribution in [1.82, 2.24) is 0 Å². The van der Waals surface area contributed by atoms with Gasteiger partial charge in [0.2, 0.25) is 0 Å². The quantitative estimate of drug-likeness (QED) is 0.816. The molecule has 0 fully saturated rings. The van der Waals surface area contributed by atoms with Gasteiger partial charge in [0.25, 0.3) is 10.0 Å². The molecule has 0 aliphatic heterocycles. The van der Waals surface area contributed by atoms with E-state index in [1.807, 2.05) is 0 Å². The number of hydrogen-bond acceptors (Lipinski definition) is 5. The van der Waals surface area contributed by atoms with Crippen LogP contribution in [0.15, 0.2) is 41.3 Å². The first kappa shape index (κ1) is 19.7. The Hall–Kier alpha value is -2.62. The van der Waals surface area contributed by atoms with Gasteiger partial charge in [-0.15, -0.1) is 0 Å². The van der Waals surface area contributed by atoms with Gasteiger partial charge in [0.1, 0.15) is 5.75 Å². The van der Waals surface area contributed by atoms with Crippen molar-refractivity contribution in [3.05, 3.63) is 42.0 Å². The Morgan fingerprint density at radius 2 is 1.42 bits per heavy atom. The maximum atomic E-state index is 13.1. The number of sulfonamides is 1. The number of ether oxygens (including phenoxy) is 3. The molecule has 0 aromatic heterocycles. The smallest absolute Gasteiger partial charge is 0.420 e. The van der Waals surface area contributed by atoms with Crippen molar-refractivity contribution in [2.24, 2.45) is 0 Å². The molecule has 0 saturated heterocycles. The largest absolute Gasteiger partial charge is 0.496 e. The average molecular weight is 391 g/mol. The van der Waals surface area contributed by atoms with E-state index in [2.05, 4.69) is 9.46 Å². The highest BCUT2D eigenvalue weighted by Gasteiger charge is 2.35. The number of benzene rings is 2. The van der Waals surface area contributed by atoms with E-state index in [1.54, 1.807) is 0 Å². The normalized spacial score (nSPS) is 11.8. The van der Waals surface area contributed by atoms with Crippen LogP contribution in [0.2, 0.25) is 0 Å². The van der Waals surface area contributed by atoms with Crippen LogP contribution in [0.4, 0.5) is 18.9 Å². The third kappa shape index (κ3) is 4.13. The molecule has 0 saturated carbocycles. The average Bonchev–Trinajstić information content (AvgIpc) is 2.59. The van der Waals surface area contributed by atoms with Crippen molar-refractivity contribution in [2.45, 2.75) is 11.1 Å². The van der Waals surface area contributed by atoms with Crippen LogP contribution in [-0.4, -0.2) is 29.7 Å². The second kappa shape index (κ2) is 7.32. The summed E-state index contributed by atoms with van der Waals surface area (Å²) in [7, 11) is -0.328. The summed E-state index contributed by atoms with van der Waals surface area (Å²) in [4.78, 5) is -0.195. The van der Waals surface area contributed by atoms with E-state index in [0.29, 0.717) is 11.8 Å². The maximum Gasteiger partial charge on any atom is 0.420 e. The second-order valence-corrected chi connectivity index (χ2v) is 6.72. The Morgan fingerprint density at radius 3 is 1.96 bits per heavy atom. The highest BCUT2D eigenvalue weighted by atomic mass is 32.2. The van der Waals surface area contributed by atoms with Gasteiger partial charge in [0.05, 0.1) is 31.8 Å². The second-order valence-electron chi connectivity index (χ2n) is 5.04. The molecule has 0 spiro atoms. The van der Waals surface area contributed by atoms with Crippen LogP contribution in [0.1, 0.15) is 5.56 Å². The van der Waals surface area contributed by atoms with Crippen LogP contribution in [0.25, 0.3) is 0 Å². The summed E-state index contributed by atoms with van der Waals surface area (Å²) < 4.78 is 81.0. The van der Waals surface area contributed by atoms with Gasteiger partial charge in [-0.2, -0.15) is 13.2 Å². The molecule has 2 aromatic rings. The van der Waals surface area contributed by atoms with Crippen molar-refractivity contribution in [2.75, 3.05) is 26.1 Å². The number of anilines is 1. The number of hydrogen-bond donors (Lipinski definition) is 1. The molecular formula is C16H16F3NO5S. The molecule has 0 heterocycles. The third-order valence-corrected chi connectivity index (χ3v) is 4.80. The molecule has 142 valence electrons. The zero-order valence-electron chi connectivity index (χ0n) is 14.0. The fourth-order valence-electron chi connectivity index (χ4n) is 2.19. The molecule has 2 rings (SSSR count). The van der Waals surface area contributed by atoms with Crippen LogP contribution in [0, 0.1) is 0 Å². The van der Waals surface area contributed by atoms with Gasteiger partial charge in [-0.25, -0.2) is 8.42 Å². The van der Waals surface area contributed by atoms with E-state index in [0.717, 1.165) is 13.2 Å². The molecular weight excluding hydrogens is 375 g/mol. The van der Waals surface area contributed by atoms with Crippen molar-refractivity contribution in [3.8, 4) is 17.2 Å². The fourth-order valence-corrected chi connectivity index (χ4v) is 3.26. The Labute approximate surface area is 148 Å². The van der Waals surface area contributed by atoms with E-state index < -0.39 is 27.5 Å². The molecule has 2 aromatic carbocycles. The molecule has 0 radical (unpaired) electrons. The van der Waals surface area contributed by atoms with Crippen molar-refractivity contribution < 1.29 is 35.8 Å². The molecule has 6 nitrogen and oxygen atoms in total. The highest BCUT2D eigenvalue weighted by molar-refractivity contribution is 7.92. The van der Waals surface area contributed by atoms with Crippen LogP contribution >= 0.6 is 0 Å². The number of alkyl halides is 3. The molecule has 0 aliphatic carbocycles. The first-order valence-corrected chi connectivity index (χ1v) is 8.60. The lowest BCUT2D eigenvalue weighted by atomic mass is 10.1. The van der Waals surface area contributed by atoms with E-state index in [4.69, 9.17) is 9.47 Å². The summed E-state index contributed by atoms with van der Waals surface area (Å²) in [6, 6.07) is 6.70.